The molecule has 0 amide bonds. The lowest BCUT2D eigenvalue weighted by atomic mass is 10.1. The Hall–Kier alpha value is -2.86. The molecule has 136 valence electrons. The molecule has 0 fully saturated rings. The summed E-state index contributed by atoms with van der Waals surface area (Å²) in [7, 11) is 0. The number of benzene rings is 2. The Kier molecular flexibility index (Phi) is 4.15. The minimum atomic E-state index is -4.61. The van der Waals surface area contributed by atoms with Crippen molar-refractivity contribution in [2.75, 3.05) is 0 Å². The van der Waals surface area contributed by atoms with Crippen LogP contribution in [0.1, 0.15) is 11.4 Å². The standard InChI is InChI=1S/C20H13ClF3N3/c1-12-11-16(13-5-3-2-4-6-13)25-19-17(14-7-9-15(21)10-8-14)18(20(22,23)24)26-27(12)19/h2-11H,1H3. The van der Waals surface area contributed by atoms with Crippen molar-refractivity contribution in [2.45, 2.75) is 13.1 Å². The van der Waals surface area contributed by atoms with Crippen LogP contribution in [0.5, 0.6) is 0 Å². The van der Waals surface area contributed by atoms with Crippen LogP contribution in [0.4, 0.5) is 13.2 Å². The molecule has 0 spiro atoms. The molecular weight excluding hydrogens is 375 g/mol. The molecule has 3 nitrogen and oxygen atoms in total. The summed E-state index contributed by atoms with van der Waals surface area (Å²) in [6, 6.07) is 17.2. The third kappa shape index (κ3) is 3.17. The van der Waals surface area contributed by atoms with Gasteiger partial charge in [-0.25, -0.2) is 9.50 Å². The number of halogens is 4. The van der Waals surface area contributed by atoms with Crippen LogP contribution in [0.25, 0.3) is 28.0 Å². The van der Waals surface area contributed by atoms with E-state index in [2.05, 4.69) is 10.1 Å². The van der Waals surface area contributed by atoms with Crippen molar-refractivity contribution in [3.05, 3.63) is 77.1 Å². The molecule has 2 aromatic heterocycles. The van der Waals surface area contributed by atoms with Gasteiger partial charge in [0.2, 0.25) is 0 Å². The Bertz CT molecular complexity index is 1120. The highest BCUT2D eigenvalue weighted by Gasteiger charge is 2.39. The van der Waals surface area contributed by atoms with Gasteiger partial charge in [-0.3, -0.25) is 0 Å². The zero-order valence-corrected chi connectivity index (χ0v) is 14.9. The van der Waals surface area contributed by atoms with Crippen LogP contribution in [-0.2, 0) is 6.18 Å². The lowest BCUT2D eigenvalue weighted by Crippen LogP contribution is -2.08. The van der Waals surface area contributed by atoms with E-state index in [1.54, 1.807) is 37.3 Å². The summed E-state index contributed by atoms with van der Waals surface area (Å²) in [5, 5.41) is 4.26. The van der Waals surface area contributed by atoms with Crippen LogP contribution in [0, 0.1) is 6.92 Å². The molecule has 2 heterocycles. The minimum absolute atomic E-state index is 0.0555. The van der Waals surface area contributed by atoms with E-state index >= 15 is 0 Å². The molecule has 2 aromatic carbocycles. The zero-order valence-electron chi connectivity index (χ0n) is 14.1. The van der Waals surface area contributed by atoms with Gasteiger partial charge in [0.25, 0.3) is 0 Å². The van der Waals surface area contributed by atoms with Crippen LogP contribution < -0.4 is 0 Å². The molecule has 7 heteroatoms. The first-order chi connectivity index (χ1) is 12.8. The van der Waals surface area contributed by atoms with E-state index in [0.717, 1.165) is 5.56 Å². The minimum Gasteiger partial charge on any atom is -0.228 e. The van der Waals surface area contributed by atoms with Gasteiger partial charge in [0.1, 0.15) is 0 Å². The summed E-state index contributed by atoms with van der Waals surface area (Å²) in [6.07, 6.45) is -4.61. The average molecular weight is 388 g/mol. The molecule has 0 N–H and O–H groups in total. The van der Waals surface area contributed by atoms with E-state index in [4.69, 9.17) is 11.6 Å². The third-order valence-electron chi connectivity index (χ3n) is 4.24. The summed E-state index contributed by atoms with van der Waals surface area (Å²) < 4.78 is 42.3. The number of aromatic nitrogens is 3. The van der Waals surface area contributed by atoms with E-state index in [9.17, 15) is 13.2 Å². The van der Waals surface area contributed by atoms with Gasteiger partial charge in [-0.15, -0.1) is 0 Å². The van der Waals surface area contributed by atoms with E-state index in [0.29, 0.717) is 22.0 Å². The maximum atomic E-state index is 13.7. The summed E-state index contributed by atoms with van der Waals surface area (Å²) in [4.78, 5) is 4.51. The molecule has 0 aliphatic heterocycles. The molecule has 0 unspecified atom stereocenters. The third-order valence-corrected chi connectivity index (χ3v) is 4.49. The summed E-state index contributed by atoms with van der Waals surface area (Å²) >= 11 is 5.89. The highest BCUT2D eigenvalue weighted by atomic mass is 35.5. The van der Waals surface area contributed by atoms with Crippen LogP contribution in [-0.4, -0.2) is 14.6 Å². The Balaban J connectivity index is 2.06. The first kappa shape index (κ1) is 17.5. The first-order valence-corrected chi connectivity index (χ1v) is 8.51. The zero-order chi connectivity index (χ0) is 19.2. The first-order valence-electron chi connectivity index (χ1n) is 8.13. The van der Waals surface area contributed by atoms with Gasteiger partial charge >= 0.3 is 6.18 Å². The second kappa shape index (κ2) is 6.39. The molecular formula is C20H13ClF3N3. The quantitative estimate of drug-likeness (QED) is 0.419. The van der Waals surface area contributed by atoms with Gasteiger partial charge in [-0.05, 0) is 30.7 Å². The fourth-order valence-corrected chi connectivity index (χ4v) is 3.13. The maximum absolute atomic E-state index is 13.7. The fraction of sp³-hybridized carbons (Fsp3) is 0.100. The van der Waals surface area contributed by atoms with Gasteiger partial charge in [0.05, 0.1) is 11.3 Å². The largest absolute Gasteiger partial charge is 0.435 e. The van der Waals surface area contributed by atoms with E-state index < -0.39 is 11.9 Å². The smallest absolute Gasteiger partial charge is 0.228 e. The molecule has 0 saturated heterocycles. The Morgan fingerprint density at radius 3 is 2.22 bits per heavy atom. The number of fused-ring (bicyclic) bond motifs is 1. The molecule has 0 aliphatic carbocycles. The fourth-order valence-electron chi connectivity index (χ4n) is 3.00. The van der Waals surface area contributed by atoms with E-state index in [1.165, 1.54) is 4.52 Å². The molecule has 4 aromatic rings. The van der Waals surface area contributed by atoms with Crippen molar-refractivity contribution in [3.8, 4) is 22.4 Å². The van der Waals surface area contributed by atoms with Gasteiger partial charge in [-0.2, -0.15) is 18.3 Å². The summed E-state index contributed by atoms with van der Waals surface area (Å²) in [6.45, 7) is 1.71. The molecule has 0 atom stereocenters. The second-order valence-corrected chi connectivity index (χ2v) is 6.55. The highest BCUT2D eigenvalue weighted by Crippen LogP contribution is 2.39. The lowest BCUT2D eigenvalue weighted by Gasteiger charge is -2.07. The predicted octanol–water partition coefficient (Wildman–Crippen LogP) is 6.04. The van der Waals surface area contributed by atoms with Crippen LogP contribution in [0.15, 0.2) is 60.7 Å². The van der Waals surface area contributed by atoms with Crippen molar-refractivity contribution < 1.29 is 13.2 Å². The van der Waals surface area contributed by atoms with Gasteiger partial charge in [0, 0.05) is 16.3 Å². The van der Waals surface area contributed by atoms with Gasteiger partial charge < -0.3 is 0 Å². The van der Waals surface area contributed by atoms with Crippen molar-refractivity contribution in [2.24, 2.45) is 0 Å². The van der Waals surface area contributed by atoms with Crippen LogP contribution in [0.2, 0.25) is 5.02 Å². The maximum Gasteiger partial charge on any atom is 0.435 e. The average Bonchev–Trinajstić information content (AvgIpc) is 3.04. The number of aryl methyl sites for hydroxylation is 1. The molecule has 0 radical (unpaired) electrons. The Morgan fingerprint density at radius 2 is 1.59 bits per heavy atom. The predicted molar refractivity (Wildman–Crippen MR) is 98.6 cm³/mol. The van der Waals surface area contributed by atoms with Crippen LogP contribution >= 0.6 is 11.6 Å². The number of nitrogens with zero attached hydrogens (tertiary/aromatic N) is 3. The molecule has 0 bridgehead atoms. The molecule has 0 saturated carbocycles. The van der Waals surface area contributed by atoms with Crippen LogP contribution in [0.3, 0.4) is 0 Å². The highest BCUT2D eigenvalue weighted by molar-refractivity contribution is 6.30. The Morgan fingerprint density at radius 1 is 0.926 bits per heavy atom. The second-order valence-electron chi connectivity index (χ2n) is 6.11. The topological polar surface area (TPSA) is 30.2 Å². The molecule has 27 heavy (non-hydrogen) atoms. The normalized spacial score (nSPS) is 11.9. The molecule has 0 aliphatic rings. The van der Waals surface area contributed by atoms with E-state index in [-0.39, 0.29) is 11.2 Å². The van der Waals surface area contributed by atoms with Crippen molar-refractivity contribution >= 4 is 17.2 Å². The number of hydrogen-bond acceptors (Lipinski definition) is 2. The number of alkyl halides is 3. The van der Waals surface area contributed by atoms with Crippen molar-refractivity contribution in [3.63, 3.8) is 0 Å². The SMILES string of the molecule is Cc1cc(-c2ccccc2)nc2c(-c3ccc(Cl)cc3)c(C(F)(F)F)nn12. The van der Waals surface area contributed by atoms with Gasteiger partial charge in [-0.1, -0.05) is 54.1 Å². The van der Waals surface area contributed by atoms with E-state index in [1.807, 2.05) is 30.3 Å². The molecule has 4 rings (SSSR count). The summed E-state index contributed by atoms with van der Waals surface area (Å²) in [5.41, 5.74) is 1.46. The Labute approximate surface area is 158 Å². The number of rotatable bonds is 2. The van der Waals surface area contributed by atoms with Gasteiger partial charge in [0.15, 0.2) is 11.3 Å². The van der Waals surface area contributed by atoms with Crippen molar-refractivity contribution in [1.82, 2.24) is 14.6 Å². The summed E-state index contributed by atoms with van der Waals surface area (Å²) in [5.74, 6) is 0. The lowest BCUT2D eigenvalue weighted by molar-refractivity contribution is -0.140. The monoisotopic (exact) mass is 387 g/mol. The number of hydrogen-bond donors (Lipinski definition) is 0. The van der Waals surface area contributed by atoms with Crippen molar-refractivity contribution in [1.29, 1.82) is 0 Å².